The number of hydrogen-bond donors (Lipinski definition) is 2. The molecule has 1 fully saturated rings. The van der Waals surface area contributed by atoms with Crippen molar-refractivity contribution in [2.24, 2.45) is 5.41 Å². The zero-order chi connectivity index (χ0) is 21.9. The van der Waals surface area contributed by atoms with Gasteiger partial charge in [0.15, 0.2) is 0 Å². The van der Waals surface area contributed by atoms with Gasteiger partial charge in [0.2, 0.25) is 11.8 Å². The smallest absolute Gasteiger partial charge is 0.252 e. The topological polar surface area (TPSA) is 95.6 Å². The van der Waals surface area contributed by atoms with Gasteiger partial charge in [-0.1, -0.05) is 26.8 Å². The molecule has 3 rings (SSSR count). The van der Waals surface area contributed by atoms with Crippen molar-refractivity contribution >= 4 is 44.5 Å². The maximum atomic E-state index is 12.6. The Labute approximate surface area is 181 Å². The highest BCUT2D eigenvalue weighted by Crippen LogP contribution is 2.28. The second kappa shape index (κ2) is 8.87. The molecule has 0 unspecified atom stereocenters. The zero-order valence-electron chi connectivity index (χ0n) is 17.4. The first-order chi connectivity index (χ1) is 14.1. The van der Waals surface area contributed by atoms with Crippen LogP contribution in [0.3, 0.4) is 0 Å². The fourth-order valence-corrected chi connectivity index (χ4v) is 6.03. The van der Waals surface area contributed by atoms with Crippen LogP contribution in [0.2, 0.25) is 0 Å². The van der Waals surface area contributed by atoms with Crippen LogP contribution in [0.1, 0.15) is 38.5 Å². The predicted molar refractivity (Wildman–Crippen MR) is 119 cm³/mol. The molecule has 1 aromatic carbocycles. The van der Waals surface area contributed by atoms with Gasteiger partial charge in [-0.25, -0.2) is 8.42 Å². The van der Waals surface area contributed by atoms with E-state index in [1.54, 1.807) is 36.4 Å². The SMILES string of the molecule is CC(C)(C)C(=O)Nc1cccc(NC(=O)Cc2ccc(S(=O)(=O)N3CCCC3)s2)c1. The minimum Gasteiger partial charge on any atom is -0.326 e. The Hall–Kier alpha value is -2.23. The lowest BCUT2D eigenvalue weighted by atomic mass is 9.95. The molecule has 0 aliphatic carbocycles. The van der Waals surface area contributed by atoms with E-state index >= 15 is 0 Å². The Balaban J connectivity index is 1.62. The van der Waals surface area contributed by atoms with Gasteiger partial charge < -0.3 is 10.6 Å². The lowest BCUT2D eigenvalue weighted by molar-refractivity contribution is -0.123. The molecule has 1 saturated heterocycles. The highest BCUT2D eigenvalue weighted by atomic mass is 32.2. The quantitative estimate of drug-likeness (QED) is 0.703. The van der Waals surface area contributed by atoms with Gasteiger partial charge in [0.05, 0.1) is 6.42 Å². The summed E-state index contributed by atoms with van der Waals surface area (Å²) in [6.07, 6.45) is 1.85. The third-order valence-corrected chi connectivity index (χ3v) is 8.17. The summed E-state index contributed by atoms with van der Waals surface area (Å²) in [7, 11) is -3.46. The second-order valence-corrected chi connectivity index (χ2v) is 11.7. The number of amides is 2. The molecule has 1 aliphatic heterocycles. The van der Waals surface area contributed by atoms with E-state index in [2.05, 4.69) is 10.6 Å². The molecule has 1 aromatic heterocycles. The molecule has 0 radical (unpaired) electrons. The van der Waals surface area contributed by atoms with Gasteiger partial charge in [-0.05, 0) is 43.2 Å². The molecule has 2 aromatic rings. The van der Waals surface area contributed by atoms with Gasteiger partial charge in [0.25, 0.3) is 10.0 Å². The second-order valence-electron chi connectivity index (χ2n) is 8.34. The van der Waals surface area contributed by atoms with Crippen molar-refractivity contribution in [2.45, 2.75) is 44.2 Å². The molecule has 7 nitrogen and oxygen atoms in total. The molecule has 162 valence electrons. The number of nitrogens with zero attached hydrogens (tertiary/aromatic N) is 1. The number of hydrogen-bond acceptors (Lipinski definition) is 5. The van der Waals surface area contributed by atoms with Gasteiger partial charge in [0.1, 0.15) is 4.21 Å². The van der Waals surface area contributed by atoms with E-state index in [1.807, 2.05) is 20.8 Å². The number of thiophene rings is 1. The average Bonchev–Trinajstić information content (AvgIpc) is 3.33. The van der Waals surface area contributed by atoms with Crippen molar-refractivity contribution in [3.63, 3.8) is 0 Å². The van der Waals surface area contributed by atoms with Crippen LogP contribution >= 0.6 is 11.3 Å². The van der Waals surface area contributed by atoms with E-state index in [4.69, 9.17) is 0 Å². The lowest BCUT2D eigenvalue weighted by Gasteiger charge is -2.18. The molecule has 0 atom stereocenters. The summed E-state index contributed by atoms with van der Waals surface area (Å²) in [6.45, 7) is 6.59. The standard InChI is InChI=1S/C21H27N3O4S2/c1-21(2,3)20(26)23-16-8-6-7-15(13-16)22-18(25)14-17-9-10-19(29-17)30(27,28)24-11-4-5-12-24/h6-10,13H,4-5,11-12,14H2,1-3H3,(H,22,25)(H,23,26). The van der Waals surface area contributed by atoms with Crippen molar-refractivity contribution < 1.29 is 18.0 Å². The van der Waals surface area contributed by atoms with Crippen molar-refractivity contribution in [2.75, 3.05) is 23.7 Å². The normalized spacial score (nSPS) is 15.2. The summed E-state index contributed by atoms with van der Waals surface area (Å²) >= 11 is 1.13. The molecular formula is C21H27N3O4S2. The lowest BCUT2D eigenvalue weighted by Crippen LogP contribution is -2.27. The molecule has 9 heteroatoms. The summed E-state index contributed by atoms with van der Waals surface area (Å²) in [4.78, 5) is 25.3. The Morgan fingerprint density at radius 1 is 1.03 bits per heavy atom. The molecule has 0 spiro atoms. The molecule has 30 heavy (non-hydrogen) atoms. The van der Waals surface area contributed by atoms with Gasteiger partial charge in [-0.2, -0.15) is 4.31 Å². The highest BCUT2D eigenvalue weighted by Gasteiger charge is 2.28. The Morgan fingerprint density at radius 3 is 2.30 bits per heavy atom. The number of nitrogens with one attached hydrogen (secondary N) is 2. The predicted octanol–water partition coefficient (Wildman–Crippen LogP) is 3.70. The third-order valence-electron chi connectivity index (χ3n) is 4.72. The first-order valence-electron chi connectivity index (χ1n) is 9.86. The summed E-state index contributed by atoms with van der Waals surface area (Å²) in [5, 5.41) is 5.63. The maximum Gasteiger partial charge on any atom is 0.252 e. The molecule has 0 saturated carbocycles. The first kappa shape index (κ1) is 22.5. The third kappa shape index (κ3) is 5.47. The summed E-state index contributed by atoms with van der Waals surface area (Å²) < 4.78 is 27.0. The monoisotopic (exact) mass is 449 g/mol. The molecule has 2 N–H and O–H groups in total. The van der Waals surface area contributed by atoms with Crippen LogP contribution < -0.4 is 10.6 Å². The number of carbonyl (C=O) groups is 2. The van der Waals surface area contributed by atoms with Crippen LogP contribution in [-0.2, 0) is 26.0 Å². The van der Waals surface area contributed by atoms with E-state index in [0.717, 1.165) is 24.2 Å². The average molecular weight is 450 g/mol. The largest absolute Gasteiger partial charge is 0.326 e. The van der Waals surface area contributed by atoms with Gasteiger partial charge >= 0.3 is 0 Å². The van der Waals surface area contributed by atoms with Crippen molar-refractivity contribution in [3.05, 3.63) is 41.3 Å². The molecule has 2 amide bonds. The number of rotatable bonds is 6. The molecular weight excluding hydrogens is 422 g/mol. The van der Waals surface area contributed by atoms with E-state index in [9.17, 15) is 18.0 Å². The summed E-state index contributed by atoms with van der Waals surface area (Å²) in [6, 6.07) is 10.2. The minimum absolute atomic E-state index is 0.0821. The number of sulfonamides is 1. The Bertz CT molecular complexity index is 1030. The zero-order valence-corrected chi connectivity index (χ0v) is 19.0. The van der Waals surface area contributed by atoms with Crippen molar-refractivity contribution in [1.29, 1.82) is 0 Å². The Kier molecular flexibility index (Phi) is 6.64. The Morgan fingerprint density at radius 2 is 1.67 bits per heavy atom. The van der Waals surface area contributed by atoms with Crippen molar-refractivity contribution in [3.8, 4) is 0 Å². The van der Waals surface area contributed by atoms with Crippen LogP contribution in [0.25, 0.3) is 0 Å². The van der Waals surface area contributed by atoms with Crippen molar-refractivity contribution in [1.82, 2.24) is 4.31 Å². The summed E-state index contributed by atoms with van der Waals surface area (Å²) in [5.41, 5.74) is 0.641. The first-order valence-corrected chi connectivity index (χ1v) is 12.1. The number of benzene rings is 1. The van der Waals surface area contributed by atoms with E-state index in [-0.39, 0.29) is 22.4 Å². The van der Waals surface area contributed by atoms with Crippen LogP contribution in [0.5, 0.6) is 0 Å². The van der Waals surface area contributed by atoms with Crippen LogP contribution in [0, 0.1) is 5.41 Å². The number of carbonyl (C=O) groups excluding carboxylic acids is 2. The van der Waals surface area contributed by atoms with E-state index in [1.165, 1.54) is 4.31 Å². The van der Waals surface area contributed by atoms with Gasteiger partial charge in [-0.15, -0.1) is 11.3 Å². The van der Waals surface area contributed by atoms with Crippen LogP contribution in [0.15, 0.2) is 40.6 Å². The van der Waals surface area contributed by atoms with Crippen LogP contribution in [-0.4, -0.2) is 37.6 Å². The number of anilines is 2. The molecule has 2 heterocycles. The van der Waals surface area contributed by atoms with Gasteiger partial charge in [-0.3, -0.25) is 9.59 Å². The minimum atomic E-state index is -3.46. The maximum absolute atomic E-state index is 12.6. The van der Waals surface area contributed by atoms with E-state index in [0.29, 0.717) is 29.3 Å². The van der Waals surface area contributed by atoms with E-state index < -0.39 is 15.4 Å². The van der Waals surface area contributed by atoms with Gasteiger partial charge in [0, 0.05) is 34.8 Å². The van der Waals surface area contributed by atoms with Crippen LogP contribution in [0.4, 0.5) is 11.4 Å². The highest BCUT2D eigenvalue weighted by molar-refractivity contribution is 7.91. The fourth-order valence-electron chi connectivity index (χ4n) is 3.00. The molecule has 1 aliphatic rings. The fraction of sp³-hybridized carbons (Fsp3) is 0.429. The molecule has 0 bridgehead atoms. The summed E-state index contributed by atoms with van der Waals surface area (Å²) in [5.74, 6) is -0.363.